The van der Waals surface area contributed by atoms with Crippen molar-refractivity contribution in [2.24, 2.45) is 5.92 Å². The Labute approximate surface area is 147 Å². The van der Waals surface area contributed by atoms with Crippen LogP contribution >= 0.6 is 0 Å². The molecule has 3 aromatic heterocycles. The summed E-state index contributed by atoms with van der Waals surface area (Å²) < 4.78 is 1.93. The van der Waals surface area contributed by atoms with Gasteiger partial charge in [0.15, 0.2) is 0 Å². The van der Waals surface area contributed by atoms with Crippen molar-refractivity contribution >= 4 is 11.6 Å². The molecule has 4 rings (SSSR count). The van der Waals surface area contributed by atoms with Crippen molar-refractivity contribution in [3.8, 4) is 0 Å². The molecule has 1 fully saturated rings. The van der Waals surface area contributed by atoms with Crippen LogP contribution in [0.2, 0.25) is 0 Å². The number of hydrogen-bond acceptors (Lipinski definition) is 3. The fourth-order valence-corrected chi connectivity index (χ4v) is 3.60. The van der Waals surface area contributed by atoms with E-state index in [-0.39, 0.29) is 5.91 Å². The van der Waals surface area contributed by atoms with E-state index >= 15 is 0 Å². The van der Waals surface area contributed by atoms with Crippen LogP contribution in [-0.2, 0) is 6.42 Å². The van der Waals surface area contributed by atoms with Gasteiger partial charge in [-0.05, 0) is 55.9 Å². The molecule has 4 heterocycles. The summed E-state index contributed by atoms with van der Waals surface area (Å²) in [6.45, 7) is 3.63. The van der Waals surface area contributed by atoms with Gasteiger partial charge in [0.1, 0.15) is 11.3 Å². The van der Waals surface area contributed by atoms with Crippen molar-refractivity contribution in [2.75, 3.05) is 13.1 Å². The maximum absolute atomic E-state index is 12.9. The minimum atomic E-state index is 0.0343. The van der Waals surface area contributed by atoms with Gasteiger partial charge in [-0.1, -0.05) is 12.1 Å². The molecular formula is C20H22N4O. The lowest BCUT2D eigenvalue weighted by Crippen LogP contribution is -2.40. The Morgan fingerprint density at radius 2 is 2.16 bits per heavy atom. The molecule has 5 heteroatoms. The molecule has 1 amide bonds. The van der Waals surface area contributed by atoms with E-state index in [0.717, 1.165) is 49.3 Å². The first-order chi connectivity index (χ1) is 12.2. The van der Waals surface area contributed by atoms with Gasteiger partial charge in [-0.15, -0.1) is 0 Å². The van der Waals surface area contributed by atoms with Crippen LogP contribution < -0.4 is 0 Å². The molecule has 25 heavy (non-hydrogen) atoms. The minimum Gasteiger partial charge on any atom is -0.337 e. The molecule has 1 aliphatic heterocycles. The van der Waals surface area contributed by atoms with Crippen LogP contribution in [0.15, 0.2) is 48.9 Å². The van der Waals surface area contributed by atoms with E-state index in [1.165, 1.54) is 0 Å². The van der Waals surface area contributed by atoms with Crippen LogP contribution in [0.1, 0.15) is 34.6 Å². The van der Waals surface area contributed by atoms with Crippen molar-refractivity contribution in [3.63, 3.8) is 0 Å². The fraction of sp³-hybridized carbons (Fsp3) is 0.350. The van der Waals surface area contributed by atoms with Gasteiger partial charge in [0.05, 0.1) is 0 Å². The summed E-state index contributed by atoms with van der Waals surface area (Å²) in [5.41, 5.74) is 3.60. The van der Waals surface area contributed by atoms with Gasteiger partial charge >= 0.3 is 0 Å². The van der Waals surface area contributed by atoms with E-state index in [1.54, 1.807) is 0 Å². The highest BCUT2D eigenvalue weighted by Crippen LogP contribution is 2.21. The Bertz CT molecular complexity index is 887. The standard InChI is InChI=1S/C20H22N4O/c1-15-7-8-19-22-18(14-24(19)12-15)20(25)23-10-4-5-16(13-23)11-17-6-2-3-9-21-17/h2-3,6-9,12,14,16H,4-5,10-11,13H2,1H3/t16-/m1/s1. The molecule has 0 spiro atoms. The third-order valence-corrected chi connectivity index (χ3v) is 4.85. The number of carbonyl (C=O) groups excluding carboxylic acids is 1. The maximum Gasteiger partial charge on any atom is 0.274 e. The lowest BCUT2D eigenvalue weighted by Gasteiger charge is -2.32. The molecule has 5 nitrogen and oxygen atoms in total. The summed E-state index contributed by atoms with van der Waals surface area (Å²) in [7, 11) is 0. The Kier molecular flexibility index (Phi) is 4.22. The molecule has 1 aliphatic rings. The highest BCUT2D eigenvalue weighted by atomic mass is 16.2. The number of fused-ring (bicyclic) bond motifs is 1. The molecule has 0 aromatic carbocycles. The van der Waals surface area contributed by atoms with Crippen molar-refractivity contribution in [1.29, 1.82) is 0 Å². The number of piperidine rings is 1. The van der Waals surface area contributed by atoms with Gasteiger partial charge in [0, 0.05) is 37.4 Å². The zero-order valence-corrected chi connectivity index (χ0v) is 14.4. The first-order valence-corrected chi connectivity index (χ1v) is 8.83. The van der Waals surface area contributed by atoms with Crippen LogP contribution in [0.25, 0.3) is 5.65 Å². The quantitative estimate of drug-likeness (QED) is 0.739. The van der Waals surface area contributed by atoms with E-state index in [0.29, 0.717) is 11.6 Å². The van der Waals surface area contributed by atoms with E-state index in [2.05, 4.69) is 16.0 Å². The summed E-state index contributed by atoms with van der Waals surface area (Å²) in [5, 5.41) is 0. The first kappa shape index (κ1) is 15.8. The van der Waals surface area contributed by atoms with Crippen LogP contribution in [0, 0.1) is 12.8 Å². The molecular weight excluding hydrogens is 312 g/mol. The Balaban J connectivity index is 1.49. The van der Waals surface area contributed by atoms with Crippen LogP contribution in [0.5, 0.6) is 0 Å². The number of hydrogen-bond donors (Lipinski definition) is 0. The van der Waals surface area contributed by atoms with Gasteiger partial charge in [0.25, 0.3) is 5.91 Å². The van der Waals surface area contributed by atoms with Crippen molar-refractivity contribution in [1.82, 2.24) is 19.3 Å². The molecule has 3 aromatic rings. The average molecular weight is 334 g/mol. The number of aromatic nitrogens is 3. The summed E-state index contributed by atoms with van der Waals surface area (Å²) in [4.78, 5) is 23.8. The number of rotatable bonds is 3. The third-order valence-electron chi connectivity index (χ3n) is 4.85. The number of nitrogens with zero attached hydrogens (tertiary/aromatic N) is 4. The lowest BCUT2D eigenvalue weighted by atomic mass is 9.93. The van der Waals surface area contributed by atoms with Crippen molar-refractivity contribution < 1.29 is 4.79 Å². The van der Waals surface area contributed by atoms with Crippen LogP contribution in [0.3, 0.4) is 0 Å². The maximum atomic E-state index is 12.9. The number of amides is 1. The van der Waals surface area contributed by atoms with Gasteiger partial charge in [-0.25, -0.2) is 4.98 Å². The summed E-state index contributed by atoms with van der Waals surface area (Å²) in [5.74, 6) is 0.499. The Morgan fingerprint density at radius 1 is 1.24 bits per heavy atom. The number of imidazole rings is 1. The van der Waals surface area contributed by atoms with E-state index in [9.17, 15) is 4.79 Å². The predicted molar refractivity (Wildman–Crippen MR) is 96.5 cm³/mol. The van der Waals surface area contributed by atoms with E-state index in [1.807, 2.05) is 59.1 Å². The summed E-state index contributed by atoms with van der Waals surface area (Å²) >= 11 is 0. The first-order valence-electron chi connectivity index (χ1n) is 8.83. The molecule has 0 bridgehead atoms. The van der Waals surface area contributed by atoms with E-state index < -0.39 is 0 Å². The second-order valence-electron chi connectivity index (χ2n) is 6.88. The second kappa shape index (κ2) is 6.67. The molecule has 0 saturated carbocycles. The number of pyridine rings is 2. The fourth-order valence-electron chi connectivity index (χ4n) is 3.60. The number of carbonyl (C=O) groups is 1. The van der Waals surface area contributed by atoms with Crippen molar-refractivity contribution in [2.45, 2.75) is 26.2 Å². The molecule has 0 N–H and O–H groups in total. The highest BCUT2D eigenvalue weighted by Gasteiger charge is 2.26. The van der Waals surface area contributed by atoms with Gasteiger partial charge < -0.3 is 9.30 Å². The third kappa shape index (κ3) is 3.40. The topological polar surface area (TPSA) is 50.5 Å². The van der Waals surface area contributed by atoms with Gasteiger partial charge in [-0.3, -0.25) is 9.78 Å². The highest BCUT2D eigenvalue weighted by molar-refractivity contribution is 5.93. The minimum absolute atomic E-state index is 0.0343. The molecule has 128 valence electrons. The number of aryl methyl sites for hydroxylation is 1. The van der Waals surface area contributed by atoms with Crippen LogP contribution in [-0.4, -0.2) is 38.3 Å². The normalized spacial score (nSPS) is 17.8. The van der Waals surface area contributed by atoms with Crippen LogP contribution in [0.4, 0.5) is 0 Å². The Morgan fingerprint density at radius 3 is 3.00 bits per heavy atom. The zero-order chi connectivity index (χ0) is 17.2. The lowest BCUT2D eigenvalue weighted by molar-refractivity contribution is 0.0667. The molecule has 1 atom stereocenters. The van der Waals surface area contributed by atoms with Gasteiger partial charge in [-0.2, -0.15) is 0 Å². The second-order valence-corrected chi connectivity index (χ2v) is 6.88. The smallest absolute Gasteiger partial charge is 0.274 e. The number of likely N-dealkylation sites (tertiary alicyclic amines) is 1. The van der Waals surface area contributed by atoms with Crippen molar-refractivity contribution in [3.05, 3.63) is 65.9 Å². The molecule has 0 radical (unpaired) electrons. The SMILES string of the molecule is Cc1ccc2nc(C(=O)N3CCC[C@H](Cc4ccccn4)C3)cn2c1. The molecule has 1 saturated heterocycles. The molecule has 0 aliphatic carbocycles. The predicted octanol–water partition coefficient (Wildman–Crippen LogP) is 3.13. The largest absolute Gasteiger partial charge is 0.337 e. The molecule has 0 unspecified atom stereocenters. The zero-order valence-electron chi connectivity index (χ0n) is 14.4. The Hall–Kier alpha value is -2.69. The average Bonchev–Trinajstić information content (AvgIpc) is 3.05. The summed E-state index contributed by atoms with van der Waals surface area (Å²) in [6, 6.07) is 9.98. The van der Waals surface area contributed by atoms with Gasteiger partial charge in [0.2, 0.25) is 0 Å². The summed E-state index contributed by atoms with van der Waals surface area (Å²) in [6.07, 6.45) is 8.78. The van der Waals surface area contributed by atoms with E-state index in [4.69, 9.17) is 0 Å². The monoisotopic (exact) mass is 334 g/mol.